The van der Waals surface area contributed by atoms with Gasteiger partial charge in [0.1, 0.15) is 17.6 Å². The number of hydrogen-bond acceptors (Lipinski definition) is 5. The highest BCUT2D eigenvalue weighted by Gasteiger charge is 2.11. The molecule has 4 rings (SSSR count). The quantitative estimate of drug-likeness (QED) is 0.526. The number of rotatable bonds is 5. The van der Waals surface area contributed by atoms with Crippen LogP contribution in [-0.2, 0) is 4.79 Å². The number of hydrogen-bond donors (Lipinski definition) is 1. The molecule has 0 radical (unpaired) electrons. The Morgan fingerprint density at radius 3 is 2.72 bits per heavy atom. The third-order valence-electron chi connectivity index (χ3n) is 4.22. The first-order chi connectivity index (χ1) is 14.1. The Labute approximate surface area is 170 Å². The third-order valence-corrected chi connectivity index (χ3v) is 4.47. The van der Waals surface area contributed by atoms with E-state index in [1.54, 1.807) is 67.0 Å². The Hall–Kier alpha value is -3.64. The summed E-state index contributed by atoms with van der Waals surface area (Å²) < 4.78 is 11.1. The monoisotopic (exact) mass is 406 g/mol. The summed E-state index contributed by atoms with van der Waals surface area (Å²) in [6.07, 6.45) is 4.57. The number of aromatic nitrogens is 1. The Kier molecular flexibility index (Phi) is 5.27. The lowest BCUT2D eigenvalue weighted by molar-refractivity contribution is -0.118. The van der Waals surface area contributed by atoms with Crippen molar-refractivity contribution in [3.8, 4) is 16.9 Å². The van der Waals surface area contributed by atoms with E-state index in [1.165, 1.54) is 6.26 Å². The van der Waals surface area contributed by atoms with Gasteiger partial charge in [-0.05, 0) is 42.0 Å². The number of nitrogens with zero attached hydrogens (tertiary/aromatic N) is 1. The second kappa shape index (κ2) is 8.16. The minimum absolute atomic E-state index is 0.158. The second-order valence-corrected chi connectivity index (χ2v) is 6.66. The zero-order chi connectivity index (χ0) is 20.2. The van der Waals surface area contributed by atoms with E-state index < -0.39 is 0 Å². The minimum atomic E-state index is -0.322. The van der Waals surface area contributed by atoms with Gasteiger partial charge in [-0.15, -0.1) is 0 Å². The van der Waals surface area contributed by atoms with Gasteiger partial charge in [-0.3, -0.25) is 14.6 Å². The summed E-state index contributed by atoms with van der Waals surface area (Å²) in [4.78, 5) is 28.7. The van der Waals surface area contributed by atoms with Crippen molar-refractivity contribution in [1.29, 1.82) is 0 Å². The molecule has 4 aromatic rings. The molecule has 6 nitrogen and oxygen atoms in total. The molecule has 2 aromatic carbocycles. The fourth-order valence-electron chi connectivity index (χ4n) is 2.81. The number of nitrogens with one attached hydrogen (secondary N) is 1. The number of pyridine rings is 1. The molecule has 2 aromatic heterocycles. The van der Waals surface area contributed by atoms with Crippen molar-refractivity contribution in [2.75, 3.05) is 11.9 Å². The summed E-state index contributed by atoms with van der Waals surface area (Å²) in [5, 5.41) is 3.69. The van der Waals surface area contributed by atoms with Crippen LogP contribution in [0.2, 0.25) is 5.02 Å². The average molecular weight is 407 g/mol. The molecule has 144 valence electrons. The molecule has 7 heteroatoms. The highest BCUT2D eigenvalue weighted by atomic mass is 35.5. The maximum atomic E-state index is 12.8. The molecular formula is C22H15ClN2O4. The molecule has 0 atom stereocenters. The summed E-state index contributed by atoms with van der Waals surface area (Å²) in [6, 6.07) is 15.2. The SMILES string of the molecule is O=C(COc1ccc2c(=O)c(-c3ccc(Cl)cc3)coc2c1)Nc1cccnc1. The number of halogens is 1. The van der Waals surface area contributed by atoms with E-state index in [9.17, 15) is 9.59 Å². The molecule has 2 heterocycles. The predicted molar refractivity (Wildman–Crippen MR) is 111 cm³/mol. The van der Waals surface area contributed by atoms with Crippen LogP contribution in [0, 0.1) is 0 Å². The molecule has 0 aliphatic rings. The fraction of sp³-hybridized carbons (Fsp3) is 0.0455. The summed E-state index contributed by atoms with van der Waals surface area (Å²) in [7, 11) is 0. The first kappa shape index (κ1) is 18.7. The molecule has 0 unspecified atom stereocenters. The minimum Gasteiger partial charge on any atom is -0.484 e. The topological polar surface area (TPSA) is 81.4 Å². The van der Waals surface area contributed by atoms with Crippen LogP contribution < -0.4 is 15.5 Å². The van der Waals surface area contributed by atoms with Crippen molar-refractivity contribution in [2.24, 2.45) is 0 Å². The van der Waals surface area contributed by atoms with Crippen LogP contribution in [0.4, 0.5) is 5.69 Å². The van der Waals surface area contributed by atoms with E-state index in [1.807, 2.05) is 0 Å². The van der Waals surface area contributed by atoms with Crippen LogP contribution in [-0.4, -0.2) is 17.5 Å². The van der Waals surface area contributed by atoms with Crippen LogP contribution in [0.3, 0.4) is 0 Å². The van der Waals surface area contributed by atoms with Gasteiger partial charge in [0.2, 0.25) is 0 Å². The predicted octanol–water partition coefficient (Wildman–Crippen LogP) is 4.53. The van der Waals surface area contributed by atoms with Crippen molar-refractivity contribution < 1.29 is 13.9 Å². The maximum absolute atomic E-state index is 12.8. The molecule has 0 saturated heterocycles. The Balaban J connectivity index is 1.51. The highest BCUT2D eigenvalue weighted by Crippen LogP contribution is 2.24. The van der Waals surface area contributed by atoms with Gasteiger partial charge in [0, 0.05) is 17.3 Å². The number of ether oxygens (including phenoxy) is 1. The van der Waals surface area contributed by atoms with Gasteiger partial charge in [0.25, 0.3) is 5.91 Å². The van der Waals surface area contributed by atoms with E-state index in [4.69, 9.17) is 20.8 Å². The van der Waals surface area contributed by atoms with Gasteiger partial charge in [0.15, 0.2) is 12.0 Å². The van der Waals surface area contributed by atoms with Crippen LogP contribution >= 0.6 is 11.6 Å². The summed E-state index contributed by atoms with van der Waals surface area (Å²) >= 11 is 5.90. The molecule has 29 heavy (non-hydrogen) atoms. The van der Waals surface area contributed by atoms with E-state index in [-0.39, 0.29) is 17.9 Å². The zero-order valence-electron chi connectivity index (χ0n) is 15.1. The Bertz CT molecular complexity index is 1220. The molecule has 0 aliphatic carbocycles. The van der Waals surface area contributed by atoms with Crippen LogP contribution in [0.25, 0.3) is 22.1 Å². The molecule has 0 spiro atoms. The Morgan fingerprint density at radius 2 is 1.97 bits per heavy atom. The van der Waals surface area contributed by atoms with Crippen molar-refractivity contribution in [3.05, 3.63) is 88.5 Å². The molecule has 0 fully saturated rings. The summed E-state index contributed by atoms with van der Waals surface area (Å²) in [5.74, 6) is 0.0962. The van der Waals surface area contributed by atoms with Crippen LogP contribution in [0.15, 0.2) is 82.5 Å². The average Bonchev–Trinajstić information content (AvgIpc) is 2.74. The number of fused-ring (bicyclic) bond motifs is 1. The van der Waals surface area contributed by atoms with E-state index in [0.717, 1.165) is 5.56 Å². The van der Waals surface area contributed by atoms with Gasteiger partial charge < -0.3 is 14.5 Å². The lowest BCUT2D eigenvalue weighted by atomic mass is 10.1. The van der Waals surface area contributed by atoms with E-state index in [2.05, 4.69) is 10.3 Å². The van der Waals surface area contributed by atoms with Crippen molar-refractivity contribution in [2.45, 2.75) is 0 Å². The normalized spacial score (nSPS) is 10.7. The highest BCUT2D eigenvalue weighted by molar-refractivity contribution is 6.30. The maximum Gasteiger partial charge on any atom is 0.262 e. The Morgan fingerprint density at radius 1 is 1.14 bits per heavy atom. The number of benzene rings is 2. The molecule has 0 saturated carbocycles. The van der Waals surface area contributed by atoms with Crippen molar-refractivity contribution in [3.63, 3.8) is 0 Å². The van der Waals surface area contributed by atoms with Crippen LogP contribution in [0.1, 0.15) is 0 Å². The second-order valence-electron chi connectivity index (χ2n) is 6.22. The molecule has 0 aliphatic heterocycles. The van der Waals surface area contributed by atoms with Gasteiger partial charge in [-0.2, -0.15) is 0 Å². The van der Waals surface area contributed by atoms with Crippen molar-refractivity contribution >= 4 is 34.2 Å². The van der Waals surface area contributed by atoms with E-state index >= 15 is 0 Å². The lowest BCUT2D eigenvalue weighted by Gasteiger charge is -2.08. The summed E-state index contributed by atoms with van der Waals surface area (Å²) in [5.41, 5.74) is 1.96. The molecular weight excluding hydrogens is 392 g/mol. The number of amides is 1. The number of anilines is 1. The fourth-order valence-corrected chi connectivity index (χ4v) is 2.94. The van der Waals surface area contributed by atoms with Gasteiger partial charge in [0.05, 0.1) is 22.8 Å². The van der Waals surface area contributed by atoms with Crippen LogP contribution in [0.5, 0.6) is 5.75 Å². The van der Waals surface area contributed by atoms with Gasteiger partial charge >= 0.3 is 0 Å². The largest absolute Gasteiger partial charge is 0.484 e. The molecule has 1 N–H and O–H groups in total. The first-order valence-corrected chi connectivity index (χ1v) is 9.12. The smallest absolute Gasteiger partial charge is 0.262 e. The standard InChI is InChI=1S/C22H15ClN2O4/c23-15-5-3-14(4-6-15)19-12-29-20-10-17(7-8-18(20)22(19)27)28-13-21(26)25-16-2-1-9-24-11-16/h1-12H,13H2,(H,25,26). The number of carbonyl (C=O) groups excluding carboxylic acids is 1. The molecule has 1 amide bonds. The van der Waals surface area contributed by atoms with Gasteiger partial charge in [-0.1, -0.05) is 23.7 Å². The first-order valence-electron chi connectivity index (χ1n) is 8.74. The number of carbonyl (C=O) groups is 1. The lowest BCUT2D eigenvalue weighted by Crippen LogP contribution is -2.20. The molecule has 0 bridgehead atoms. The zero-order valence-corrected chi connectivity index (χ0v) is 15.8. The third kappa shape index (κ3) is 4.28. The van der Waals surface area contributed by atoms with Gasteiger partial charge in [-0.25, -0.2) is 0 Å². The van der Waals surface area contributed by atoms with Crippen molar-refractivity contribution in [1.82, 2.24) is 4.98 Å². The summed E-state index contributed by atoms with van der Waals surface area (Å²) in [6.45, 7) is -0.187. The van der Waals surface area contributed by atoms with E-state index in [0.29, 0.717) is 33.0 Å².